The van der Waals surface area contributed by atoms with Crippen LogP contribution in [0.2, 0.25) is 0 Å². The zero-order valence-electron chi connectivity index (χ0n) is 12.3. The minimum atomic E-state index is -0.836. The molecule has 1 aliphatic rings. The predicted octanol–water partition coefficient (Wildman–Crippen LogP) is 0.716. The van der Waals surface area contributed by atoms with Crippen molar-refractivity contribution in [3.05, 3.63) is 0 Å². The van der Waals surface area contributed by atoms with Gasteiger partial charge in [-0.2, -0.15) is 0 Å². The third-order valence-corrected chi connectivity index (χ3v) is 3.43. The number of nitrogens with zero attached hydrogens (tertiary/aromatic N) is 1. The first kappa shape index (κ1) is 16.9. The molecule has 1 saturated heterocycles. The SMILES string of the molecule is CCCCOC(=O)CN1CCCC(CNCC(=O)O)C1. The second kappa shape index (κ2) is 9.72. The van der Waals surface area contributed by atoms with Crippen LogP contribution in [-0.4, -0.2) is 61.3 Å². The molecule has 0 aromatic heterocycles. The molecular formula is C14H26N2O4. The van der Waals surface area contributed by atoms with Crippen LogP contribution in [-0.2, 0) is 14.3 Å². The predicted molar refractivity (Wildman–Crippen MR) is 75.5 cm³/mol. The van der Waals surface area contributed by atoms with E-state index in [1.807, 2.05) is 0 Å². The van der Waals surface area contributed by atoms with E-state index in [2.05, 4.69) is 17.1 Å². The Labute approximate surface area is 120 Å². The van der Waals surface area contributed by atoms with Crippen molar-refractivity contribution in [3.63, 3.8) is 0 Å². The van der Waals surface area contributed by atoms with Gasteiger partial charge in [0.25, 0.3) is 0 Å². The standard InChI is InChI=1S/C14H26N2O4/c1-2-3-7-20-14(19)11-16-6-4-5-12(10-16)8-15-9-13(17)18/h12,15H,2-11H2,1H3,(H,17,18). The number of likely N-dealkylation sites (tertiary alicyclic amines) is 1. The monoisotopic (exact) mass is 286 g/mol. The van der Waals surface area contributed by atoms with Gasteiger partial charge < -0.3 is 15.2 Å². The van der Waals surface area contributed by atoms with Crippen molar-refractivity contribution in [2.45, 2.75) is 32.6 Å². The maximum atomic E-state index is 11.6. The van der Waals surface area contributed by atoms with E-state index in [0.29, 0.717) is 25.6 Å². The van der Waals surface area contributed by atoms with Crippen LogP contribution < -0.4 is 5.32 Å². The molecule has 0 amide bonds. The number of carbonyl (C=O) groups is 2. The molecule has 1 heterocycles. The molecule has 6 nitrogen and oxygen atoms in total. The van der Waals surface area contributed by atoms with Crippen molar-refractivity contribution >= 4 is 11.9 Å². The lowest BCUT2D eigenvalue weighted by atomic mass is 9.98. The van der Waals surface area contributed by atoms with Crippen molar-refractivity contribution < 1.29 is 19.4 Å². The number of esters is 1. The van der Waals surface area contributed by atoms with Crippen molar-refractivity contribution in [2.75, 3.05) is 39.3 Å². The summed E-state index contributed by atoms with van der Waals surface area (Å²) in [4.78, 5) is 24.2. The smallest absolute Gasteiger partial charge is 0.320 e. The van der Waals surface area contributed by atoms with Crippen LogP contribution in [0.25, 0.3) is 0 Å². The fraction of sp³-hybridized carbons (Fsp3) is 0.857. The molecule has 1 atom stereocenters. The van der Waals surface area contributed by atoms with E-state index in [9.17, 15) is 9.59 Å². The number of piperidine rings is 1. The number of nitrogens with one attached hydrogen (secondary N) is 1. The number of ether oxygens (including phenoxy) is 1. The molecule has 0 aliphatic carbocycles. The number of carbonyl (C=O) groups excluding carboxylic acids is 1. The molecule has 1 unspecified atom stereocenters. The van der Waals surface area contributed by atoms with Gasteiger partial charge in [-0.1, -0.05) is 13.3 Å². The quantitative estimate of drug-likeness (QED) is 0.480. The van der Waals surface area contributed by atoms with Gasteiger partial charge in [-0.25, -0.2) is 0 Å². The van der Waals surface area contributed by atoms with Crippen LogP contribution >= 0.6 is 0 Å². The molecule has 2 N–H and O–H groups in total. The number of carboxylic acids is 1. The Kier molecular flexibility index (Phi) is 8.22. The van der Waals surface area contributed by atoms with E-state index in [0.717, 1.165) is 38.8 Å². The summed E-state index contributed by atoms with van der Waals surface area (Å²) in [7, 11) is 0. The van der Waals surface area contributed by atoms with Crippen molar-refractivity contribution in [2.24, 2.45) is 5.92 Å². The van der Waals surface area contributed by atoms with Crippen molar-refractivity contribution in [1.82, 2.24) is 10.2 Å². The highest BCUT2D eigenvalue weighted by atomic mass is 16.5. The van der Waals surface area contributed by atoms with Crippen LogP contribution in [0.15, 0.2) is 0 Å². The van der Waals surface area contributed by atoms with E-state index in [4.69, 9.17) is 9.84 Å². The van der Waals surface area contributed by atoms with E-state index < -0.39 is 5.97 Å². The first-order chi connectivity index (χ1) is 9.61. The van der Waals surface area contributed by atoms with Crippen LogP contribution in [0.4, 0.5) is 0 Å². The van der Waals surface area contributed by atoms with E-state index in [-0.39, 0.29) is 12.5 Å². The van der Waals surface area contributed by atoms with E-state index in [1.54, 1.807) is 0 Å². The van der Waals surface area contributed by atoms with Gasteiger partial charge in [0.1, 0.15) is 0 Å². The van der Waals surface area contributed by atoms with Crippen molar-refractivity contribution in [3.8, 4) is 0 Å². The van der Waals surface area contributed by atoms with Gasteiger partial charge in [-0.05, 0) is 38.3 Å². The Hall–Kier alpha value is -1.14. The number of aliphatic carboxylic acids is 1. The minimum absolute atomic E-state index is 0.00441. The summed E-state index contributed by atoms with van der Waals surface area (Å²) in [6.07, 6.45) is 4.05. The second-order valence-electron chi connectivity index (χ2n) is 5.34. The topological polar surface area (TPSA) is 78.9 Å². The van der Waals surface area contributed by atoms with Gasteiger partial charge >= 0.3 is 11.9 Å². The molecular weight excluding hydrogens is 260 g/mol. The van der Waals surface area contributed by atoms with Gasteiger partial charge in [0.2, 0.25) is 0 Å². The Morgan fingerprint density at radius 3 is 2.95 bits per heavy atom. The van der Waals surface area contributed by atoms with Gasteiger partial charge in [0.05, 0.1) is 19.7 Å². The normalized spacial score (nSPS) is 19.8. The molecule has 0 bridgehead atoms. The lowest BCUT2D eigenvalue weighted by molar-refractivity contribution is -0.145. The first-order valence-electron chi connectivity index (χ1n) is 7.42. The maximum Gasteiger partial charge on any atom is 0.320 e. The lowest BCUT2D eigenvalue weighted by Crippen LogP contribution is -2.42. The van der Waals surface area contributed by atoms with E-state index >= 15 is 0 Å². The van der Waals surface area contributed by atoms with Crippen LogP contribution in [0.1, 0.15) is 32.6 Å². The number of rotatable bonds is 9. The summed E-state index contributed by atoms with van der Waals surface area (Å²) in [5, 5.41) is 11.5. The summed E-state index contributed by atoms with van der Waals surface area (Å²) in [6.45, 7) is 5.34. The zero-order chi connectivity index (χ0) is 14.8. The highest BCUT2D eigenvalue weighted by Gasteiger charge is 2.21. The average molecular weight is 286 g/mol. The largest absolute Gasteiger partial charge is 0.480 e. The highest BCUT2D eigenvalue weighted by Crippen LogP contribution is 2.15. The Morgan fingerprint density at radius 2 is 2.25 bits per heavy atom. The first-order valence-corrected chi connectivity index (χ1v) is 7.42. The summed E-state index contributed by atoms with van der Waals surface area (Å²) >= 11 is 0. The minimum Gasteiger partial charge on any atom is -0.480 e. The molecule has 0 saturated carbocycles. The number of unbranched alkanes of at least 4 members (excludes halogenated alkanes) is 1. The molecule has 116 valence electrons. The second-order valence-corrected chi connectivity index (χ2v) is 5.34. The van der Waals surface area contributed by atoms with Gasteiger partial charge in [0, 0.05) is 6.54 Å². The molecule has 6 heteroatoms. The zero-order valence-corrected chi connectivity index (χ0v) is 12.3. The van der Waals surface area contributed by atoms with Crippen LogP contribution in [0.3, 0.4) is 0 Å². The highest BCUT2D eigenvalue weighted by molar-refractivity contribution is 5.71. The van der Waals surface area contributed by atoms with Gasteiger partial charge in [0.15, 0.2) is 0 Å². The summed E-state index contributed by atoms with van der Waals surface area (Å²) in [6, 6.07) is 0. The van der Waals surface area contributed by atoms with Gasteiger partial charge in [-0.3, -0.25) is 14.5 Å². The lowest BCUT2D eigenvalue weighted by Gasteiger charge is -2.32. The summed E-state index contributed by atoms with van der Waals surface area (Å²) < 4.78 is 5.16. The molecule has 0 aromatic rings. The molecule has 0 spiro atoms. The van der Waals surface area contributed by atoms with E-state index in [1.165, 1.54) is 0 Å². The molecule has 20 heavy (non-hydrogen) atoms. The Balaban J connectivity index is 2.19. The van der Waals surface area contributed by atoms with Crippen molar-refractivity contribution in [1.29, 1.82) is 0 Å². The fourth-order valence-electron chi connectivity index (χ4n) is 2.40. The molecule has 1 fully saturated rings. The maximum absolute atomic E-state index is 11.6. The van der Waals surface area contributed by atoms with Gasteiger partial charge in [-0.15, -0.1) is 0 Å². The Bertz CT molecular complexity index is 310. The third-order valence-electron chi connectivity index (χ3n) is 3.43. The molecule has 0 aromatic carbocycles. The number of carboxylic acid groups (broad SMARTS) is 1. The molecule has 0 radical (unpaired) electrons. The third kappa shape index (κ3) is 7.45. The number of hydrogen-bond donors (Lipinski definition) is 2. The van der Waals surface area contributed by atoms with Crippen LogP contribution in [0.5, 0.6) is 0 Å². The molecule has 1 rings (SSSR count). The average Bonchev–Trinajstić information content (AvgIpc) is 2.39. The fourth-order valence-corrected chi connectivity index (χ4v) is 2.40. The summed E-state index contributed by atoms with van der Waals surface area (Å²) in [5.74, 6) is -0.582. The Morgan fingerprint density at radius 1 is 1.45 bits per heavy atom. The van der Waals surface area contributed by atoms with Crippen LogP contribution in [0, 0.1) is 5.92 Å². The molecule has 1 aliphatic heterocycles. The summed E-state index contributed by atoms with van der Waals surface area (Å²) in [5.41, 5.74) is 0. The number of hydrogen-bond acceptors (Lipinski definition) is 5.